The lowest BCUT2D eigenvalue weighted by molar-refractivity contribution is -0.138. The quantitative estimate of drug-likeness (QED) is 0.781. The minimum absolute atomic E-state index is 0. The van der Waals surface area contributed by atoms with Crippen LogP contribution in [-0.4, -0.2) is 35.8 Å². The smallest absolute Gasteiger partial charge is 0.242 e. The highest BCUT2D eigenvalue weighted by atomic mass is 16.2. The van der Waals surface area contributed by atoms with Crippen molar-refractivity contribution in [2.24, 2.45) is 5.92 Å². The van der Waals surface area contributed by atoms with E-state index in [0.29, 0.717) is 18.9 Å². The van der Waals surface area contributed by atoms with Gasteiger partial charge in [-0.15, -0.1) is 0 Å². The van der Waals surface area contributed by atoms with Crippen LogP contribution in [0.2, 0.25) is 0 Å². The molecule has 0 spiro atoms. The van der Waals surface area contributed by atoms with E-state index in [1.165, 1.54) is 0 Å². The molecule has 5 heteroatoms. The SMILES string of the molecule is CCNC(=O)C1CCCN1C(=O)CC(C)C.N. The molecule has 1 aliphatic rings. The molecular formula is C12H25N3O2. The van der Waals surface area contributed by atoms with Crippen LogP contribution in [0, 0.1) is 5.92 Å². The molecule has 0 saturated carbocycles. The minimum atomic E-state index is -0.230. The number of carbonyl (C=O) groups excluding carboxylic acids is 2. The second-order valence-electron chi connectivity index (χ2n) is 4.74. The first-order chi connectivity index (χ1) is 7.56. The zero-order chi connectivity index (χ0) is 12.1. The van der Waals surface area contributed by atoms with Crippen LogP contribution in [0.5, 0.6) is 0 Å². The number of rotatable bonds is 4. The summed E-state index contributed by atoms with van der Waals surface area (Å²) in [4.78, 5) is 25.4. The Hall–Kier alpha value is -1.10. The van der Waals surface area contributed by atoms with Gasteiger partial charge in [-0.05, 0) is 25.7 Å². The van der Waals surface area contributed by atoms with Crippen LogP contribution >= 0.6 is 0 Å². The van der Waals surface area contributed by atoms with Gasteiger partial charge in [-0.3, -0.25) is 9.59 Å². The molecule has 1 unspecified atom stereocenters. The third kappa shape index (κ3) is 4.34. The Morgan fingerprint density at radius 2 is 2.06 bits per heavy atom. The molecule has 0 radical (unpaired) electrons. The number of amides is 2. The molecule has 0 aromatic heterocycles. The van der Waals surface area contributed by atoms with Crippen LogP contribution in [0.1, 0.15) is 40.0 Å². The summed E-state index contributed by atoms with van der Waals surface area (Å²) in [6.07, 6.45) is 2.28. The molecule has 0 aromatic carbocycles. The Labute approximate surface area is 104 Å². The van der Waals surface area contributed by atoms with Gasteiger partial charge in [0, 0.05) is 19.5 Å². The van der Waals surface area contributed by atoms with Crippen molar-refractivity contribution in [2.75, 3.05) is 13.1 Å². The number of hydrogen-bond donors (Lipinski definition) is 2. The van der Waals surface area contributed by atoms with Gasteiger partial charge in [0.1, 0.15) is 6.04 Å². The van der Waals surface area contributed by atoms with Crippen molar-refractivity contribution in [2.45, 2.75) is 46.1 Å². The van der Waals surface area contributed by atoms with Gasteiger partial charge < -0.3 is 16.4 Å². The van der Waals surface area contributed by atoms with Crippen LogP contribution in [0.3, 0.4) is 0 Å². The Bertz CT molecular complexity index is 266. The molecule has 2 amide bonds. The summed E-state index contributed by atoms with van der Waals surface area (Å²) in [6, 6.07) is -0.230. The number of nitrogens with one attached hydrogen (secondary N) is 1. The average molecular weight is 243 g/mol. The fourth-order valence-corrected chi connectivity index (χ4v) is 2.10. The molecule has 1 saturated heterocycles. The van der Waals surface area contributed by atoms with Crippen molar-refractivity contribution in [1.29, 1.82) is 0 Å². The lowest BCUT2D eigenvalue weighted by atomic mass is 10.1. The molecule has 100 valence electrons. The molecule has 17 heavy (non-hydrogen) atoms. The standard InChI is InChI=1S/C12H22N2O2.H3N/c1-4-13-12(16)10-6-5-7-14(10)11(15)8-9(2)3;/h9-10H,4-8H2,1-3H3,(H,13,16);1H3. The van der Waals surface area contributed by atoms with Gasteiger partial charge in [-0.25, -0.2) is 0 Å². The largest absolute Gasteiger partial charge is 0.355 e. The number of hydrogen-bond acceptors (Lipinski definition) is 3. The zero-order valence-electron chi connectivity index (χ0n) is 11.2. The maximum atomic E-state index is 11.9. The van der Waals surface area contributed by atoms with E-state index in [1.807, 2.05) is 20.8 Å². The maximum absolute atomic E-state index is 11.9. The van der Waals surface area contributed by atoms with E-state index >= 15 is 0 Å². The first-order valence-electron chi connectivity index (χ1n) is 6.13. The Morgan fingerprint density at radius 1 is 1.41 bits per heavy atom. The molecule has 1 heterocycles. The number of likely N-dealkylation sites (tertiary alicyclic amines) is 1. The van der Waals surface area contributed by atoms with Crippen molar-refractivity contribution in [3.05, 3.63) is 0 Å². The molecule has 4 N–H and O–H groups in total. The Balaban J connectivity index is 0.00000256. The average Bonchev–Trinajstić information content (AvgIpc) is 2.65. The van der Waals surface area contributed by atoms with Gasteiger partial charge in [0.15, 0.2) is 0 Å². The van der Waals surface area contributed by atoms with E-state index in [0.717, 1.165) is 19.4 Å². The fraction of sp³-hybridized carbons (Fsp3) is 0.833. The highest BCUT2D eigenvalue weighted by molar-refractivity contribution is 5.88. The molecule has 1 rings (SSSR count). The molecule has 1 aliphatic heterocycles. The van der Waals surface area contributed by atoms with Gasteiger partial charge in [0.2, 0.25) is 11.8 Å². The van der Waals surface area contributed by atoms with Gasteiger partial charge in [0.25, 0.3) is 0 Å². The lowest BCUT2D eigenvalue weighted by Crippen LogP contribution is -2.46. The molecule has 5 nitrogen and oxygen atoms in total. The van der Waals surface area contributed by atoms with E-state index < -0.39 is 0 Å². The zero-order valence-corrected chi connectivity index (χ0v) is 11.2. The number of carbonyl (C=O) groups is 2. The minimum Gasteiger partial charge on any atom is -0.355 e. The Kier molecular flexibility index (Phi) is 6.80. The van der Waals surface area contributed by atoms with Crippen molar-refractivity contribution >= 4 is 11.8 Å². The van der Waals surface area contributed by atoms with E-state index in [4.69, 9.17) is 0 Å². The normalized spacial score (nSPS) is 19.1. The van der Waals surface area contributed by atoms with Crippen molar-refractivity contribution < 1.29 is 9.59 Å². The van der Waals surface area contributed by atoms with Gasteiger partial charge in [-0.1, -0.05) is 13.8 Å². The molecule has 0 aromatic rings. The first-order valence-corrected chi connectivity index (χ1v) is 6.13. The van der Waals surface area contributed by atoms with Gasteiger partial charge in [-0.2, -0.15) is 0 Å². The van der Waals surface area contributed by atoms with Crippen LogP contribution < -0.4 is 11.5 Å². The number of likely N-dealkylation sites (N-methyl/N-ethyl adjacent to an activating group) is 1. The summed E-state index contributed by atoms with van der Waals surface area (Å²) in [5, 5.41) is 2.79. The van der Waals surface area contributed by atoms with Crippen LogP contribution in [0.4, 0.5) is 0 Å². The van der Waals surface area contributed by atoms with E-state index in [-0.39, 0.29) is 24.0 Å². The summed E-state index contributed by atoms with van der Waals surface area (Å²) in [6.45, 7) is 7.30. The molecule has 0 bridgehead atoms. The van der Waals surface area contributed by atoms with Crippen LogP contribution in [0.15, 0.2) is 0 Å². The van der Waals surface area contributed by atoms with Crippen LogP contribution in [-0.2, 0) is 9.59 Å². The summed E-state index contributed by atoms with van der Waals surface area (Å²) in [7, 11) is 0. The predicted octanol–water partition coefficient (Wildman–Crippen LogP) is 1.32. The van der Waals surface area contributed by atoms with Crippen molar-refractivity contribution in [1.82, 2.24) is 16.4 Å². The Morgan fingerprint density at radius 3 is 2.59 bits per heavy atom. The summed E-state index contributed by atoms with van der Waals surface area (Å²) in [5.74, 6) is 0.462. The summed E-state index contributed by atoms with van der Waals surface area (Å²) >= 11 is 0. The first kappa shape index (κ1) is 15.9. The highest BCUT2D eigenvalue weighted by Gasteiger charge is 2.33. The van der Waals surface area contributed by atoms with Crippen molar-refractivity contribution in [3.8, 4) is 0 Å². The fourth-order valence-electron chi connectivity index (χ4n) is 2.10. The second-order valence-corrected chi connectivity index (χ2v) is 4.74. The van der Waals surface area contributed by atoms with E-state index in [9.17, 15) is 9.59 Å². The monoisotopic (exact) mass is 243 g/mol. The summed E-state index contributed by atoms with van der Waals surface area (Å²) in [5.41, 5.74) is 0. The molecule has 1 fully saturated rings. The summed E-state index contributed by atoms with van der Waals surface area (Å²) < 4.78 is 0. The molecule has 0 aliphatic carbocycles. The maximum Gasteiger partial charge on any atom is 0.242 e. The third-order valence-electron chi connectivity index (χ3n) is 2.81. The predicted molar refractivity (Wildman–Crippen MR) is 67.9 cm³/mol. The molecular weight excluding hydrogens is 218 g/mol. The van der Waals surface area contributed by atoms with Gasteiger partial charge >= 0.3 is 0 Å². The number of nitrogens with zero attached hydrogens (tertiary/aromatic N) is 1. The van der Waals surface area contributed by atoms with Crippen LogP contribution in [0.25, 0.3) is 0 Å². The second kappa shape index (κ2) is 7.27. The van der Waals surface area contributed by atoms with Gasteiger partial charge in [0.05, 0.1) is 0 Å². The van der Waals surface area contributed by atoms with E-state index in [1.54, 1.807) is 4.90 Å². The lowest BCUT2D eigenvalue weighted by Gasteiger charge is -2.24. The third-order valence-corrected chi connectivity index (χ3v) is 2.81. The topological polar surface area (TPSA) is 84.4 Å². The molecule has 1 atom stereocenters. The van der Waals surface area contributed by atoms with Crippen molar-refractivity contribution in [3.63, 3.8) is 0 Å². The highest BCUT2D eigenvalue weighted by Crippen LogP contribution is 2.19. The van der Waals surface area contributed by atoms with E-state index in [2.05, 4.69) is 5.32 Å².